The Morgan fingerprint density at radius 2 is 1.60 bits per heavy atom. The van der Waals surface area contributed by atoms with Gasteiger partial charge in [0.15, 0.2) is 0 Å². The van der Waals surface area contributed by atoms with Crippen LogP contribution in [0.3, 0.4) is 0 Å². The lowest BCUT2D eigenvalue weighted by Crippen LogP contribution is -2.31. The third-order valence-electron chi connectivity index (χ3n) is 5.84. The summed E-state index contributed by atoms with van der Waals surface area (Å²) in [4.78, 5) is 2.28. The summed E-state index contributed by atoms with van der Waals surface area (Å²) in [6, 6.07) is 16.1. The van der Waals surface area contributed by atoms with Crippen LogP contribution >= 0.6 is 0 Å². The highest BCUT2D eigenvalue weighted by atomic mass is 32.2. The Morgan fingerprint density at radius 3 is 2.29 bits per heavy atom. The highest BCUT2D eigenvalue weighted by molar-refractivity contribution is 7.92. The Hall–Kier alpha value is -2.97. The molecule has 0 unspecified atom stereocenters. The van der Waals surface area contributed by atoms with Crippen LogP contribution in [0, 0.1) is 18.6 Å². The first-order valence-corrected chi connectivity index (χ1v) is 13.2. The molecule has 0 spiro atoms. The van der Waals surface area contributed by atoms with Crippen LogP contribution in [0.25, 0.3) is 0 Å². The zero-order valence-corrected chi connectivity index (χ0v) is 21.2. The van der Waals surface area contributed by atoms with Crippen molar-refractivity contribution in [3.63, 3.8) is 0 Å². The fourth-order valence-electron chi connectivity index (χ4n) is 3.75. The summed E-state index contributed by atoms with van der Waals surface area (Å²) in [5.41, 5.74) is 1.08. The van der Waals surface area contributed by atoms with Gasteiger partial charge >= 0.3 is 0 Å². The minimum atomic E-state index is -4.20. The molecule has 0 radical (unpaired) electrons. The standard InChI is InChI=1S/C27H32F2N2O3S/c1-4-30(5-2)17-8-18-34-27-10-7-6-9-22(27)20-31(26-19-23(28)13-16-25(26)29)35(32,33)24-14-11-21(3)12-15-24/h6-7,9-16,19H,4-5,8,17-18,20H2,1-3H3. The Bertz CT molecular complexity index is 1210. The average Bonchev–Trinajstić information content (AvgIpc) is 2.85. The van der Waals surface area contributed by atoms with Gasteiger partial charge in [0.25, 0.3) is 10.0 Å². The number of sulfonamides is 1. The highest BCUT2D eigenvalue weighted by Crippen LogP contribution is 2.31. The van der Waals surface area contributed by atoms with Crippen molar-refractivity contribution in [3.05, 3.63) is 89.5 Å². The third-order valence-corrected chi connectivity index (χ3v) is 7.62. The van der Waals surface area contributed by atoms with Gasteiger partial charge in [0, 0.05) is 18.2 Å². The summed E-state index contributed by atoms with van der Waals surface area (Å²) < 4.78 is 63.0. The molecule has 0 N–H and O–H groups in total. The molecular weight excluding hydrogens is 470 g/mol. The largest absolute Gasteiger partial charge is 0.493 e. The number of ether oxygens (including phenoxy) is 1. The van der Waals surface area contributed by atoms with E-state index >= 15 is 0 Å². The van der Waals surface area contributed by atoms with E-state index in [9.17, 15) is 17.2 Å². The van der Waals surface area contributed by atoms with Crippen molar-refractivity contribution in [2.45, 2.75) is 38.6 Å². The molecule has 5 nitrogen and oxygen atoms in total. The molecule has 0 atom stereocenters. The molecule has 3 rings (SSSR count). The van der Waals surface area contributed by atoms with Gasteiger partial charge in [-0.15, -0.1) is 0 Å². The number of hydrogen-bond donors (Lipinski definition) is 0. The fourth-order valence-corrected chi connectivity index (χ4v) is 5.20. The van der Waals surface area contributed by atoms with Crippen LogP contribution in [0.4, 0.5) is 14.5 Å². The van der Waals surface area contributed by atoms with Crippen LogP contribution in [0.1, 0.15) is 31.4 Å². The number of nitrogens with zero attached hydrogens (tertiary/aromatic N) is 2. The number of aryl methyl sites for hydroxylation is 1. The molecule has 0 bridgehead atoms. The zero-order valence-electron chi connectivity index (χ0n) is 20.4. The van der Waals surface area contributed by atoms with Crippen molar-refractivity contribution < 1.29 is 21.9 Å². The molecule has 0 heterocycles. The number of anilines is 1. The molecule has 8 heteroatoms. The lowest BCUT2D eigenvalue weighted by molar-refractivity contribution is 0.248. The van der Waals surface area contributed by atoms with Crippen LogP contribution in [0.15, 0.2) is 71.6 Å². The van der Waals surface area contributed by atoms with Crippen LogP contribution in [0.2, 0.25) is 0 Å². The van der Waals surface area contributed by atoms with Crippen LogP contribution in [-0.2, 0) is 16.6 Å². The maximum Gasteiger partial charge on any atom is 0.264 e. The van der Waals surface area contributed by atoms with Gasteiger partial charge in [0.05, 0.1) is 23.7 Å². The normalized spacial score (nSPS) is 11.6. The van der Waals surface area contributed by atoms with Crippen LogP contribution in [0.5, 0.6) is 5.75 Å². The lowest BCUT2D eigenvalue weighted by Gasteiger charge is -2.26. The Morgan fingerprint density at radius 1 is 0.914 bits per heavy atom. The summed E-state index contributed by atoms with van der Waals surface area (Å²) in [6.45, 7) is 9.08. The van der Waals surface area contributed by atoms with Gasteiger partial charge in [-0.3, -0.25) is 4.31 Å². The number of benzene rings is 3. The van der Waals surface area contributed by atoms with Crippen molar-refractivity contribution in [1.29, 1.82) is 0 Å². The maximum absolute atomic E-state index is 14.8. The second-order valence-electron chi connectivity index (χ2n) is 8.26. The molecule has 0 aliphatic rings. The van der Waals surface area contributed by atoms with Gasteiger partial charge in [0.2, 0.25) is 0 Å². The van der Waals surface area contributed by atoms with Crippen LogP contribution < -0.4 is 9.04 Å². The van der Waals surface area contributed by atoms with Crippen molar-refractivity contribution in [2.24, 2.45) is 0 Å². The number of halogens is 2. The van der Waals surface area contributed by atoms with E-state index in [0.29, 0.717) is 17.9 Å². The molecule has 0 amide bonds. The second-order valence-corrected chi connectivity index (χ2v) is 10.1. The highest BCUT2D eigenvalue weighted by Gasteiger charge is 2.28. The summed E-state index contributed by atoms with van der Waals surface area (Å²) >= 11 is 0. The average molecular weight is 503 g/mol. The van der Waals surface area contributed by atoms with E-state index in [1.165, 1.54) is 12.1 Å². The van der Waals surface area contributed by atoms with Gasteiger partial charge in [-0.1, -0.05) is 49.7 Å². The smallest absolute Gasteiger partial charge is 0.264 e. The first-order chi connectivity index (χ1) is 16.8. The third kappa shape index (κ3) is 6.80. The van der Waals surface area contributed by atoms with Crippen molar-refractivity contribution in [2.75, 3.05) is 30.5 Å². The topological polar surface area (TPSA) is 49.9 Å². The monoisotopic (exact) mass is 502 g/mol. The van der Waals surface area contributed by atoms with E-state index in [2.05, 4.69) is 18.7 Å². The second kappa shape index (κ2) is 12.1. The van der Waals surface area contributed by atoms with E-state index in [0.717, 1.165) is 54.1 Å². The molecule has 188 valence electrons. The predicted molar refractivity (Wildman–Crippen MR) is 135 cm³/mol. The summed E-state index contributed by atoms with van der Waals surface area (Å²) in [7, 11) is -4.20. The Kier molecular flexibility index (Phi) is 9.23. The van der Waals surface area contributed by atoms with Crippen molar-refractivity contribution >= 4 is 15.7 Å². The van der Waals surface area contributed by atoms with Gasteiger partial charge in [-0.2, -0.15) is 0 Å². The minimum absolute atomic E-state index is 0.00983. The number of hydrogen-bond acceptors (Lipinski definition) is 4. The maximum atomic E-state index is 14.8. The molecule has 0 saturated heterocycles. The van der Waals surface area contributed by atoms with Crippen molar-refractivity contribution in [1.82, 2.24) is 4.90 Å². The van der Waals surface area contributed by atoms with Crippen LogP contribution in [-0.4, -0.2) is 39.6 Å². The number of rotatable bonds is 12. The number of para-hydroxylation sites is 1. The van der Waals surface area contributed by atoms with E-state index in [-0.39, 0.29) is 17.1 Å². The molecular formula is C27H32F2N2O3S. The summed E-state index contributed by atoms with van der Waals surface area (Å²) in [6.07, 6.45) is 0.805. The quantitative estimate of drug-likeness (QED) is 0.295. The van der Waals surface area contributed by atoms with E-state index in [1.807, 2.05) is 6.92 Å². The van der Waals surface area contributed by atoms with Gasteiger partial charge in [-0.25, -0.2) is 17.2 Å². The molecule has 3 aromatic carbocycles. The summed E-state index contributed by atoms with van der Waals surface area (Å²) in [5, 5.41) is 0. The van der Waals surface area contributed by atoms with Gasteiger partial charge < -0.3 is 9.64 Å². The van der Waals surface area contributed by atoms with Gasteiger partial charge in [0.1, 0.15) is 17.4 Å². The predicted octanol–water partition coefficient (Wildman–Crippen LogP) is 5.78. The first kappa shape index (κ1) is 26.6. The molecule has 3 aromatic rings. The van der Waals surface area contributed by atoms with E-state index < -0.39 is 21.7 Å². The molecule has 35 heavy (non-hydrogen) atoms. The SMILES string of the molecule is CCN(CC)CCCOc1ccccc1CN(c1cc(F)ccc1F)S(=O)(=O)c1ccc(C)cc1. The van der Waals surface area contributed by atoms with E-state index in [4.69, 9.17) is 4.74 Å². The fraction of sp³-hybridized carbons (Fsp3) is 0.333. The Labute approximate surface area is 207 Å². The minimum Gasteiger partial charge on any atom is -0.493 e. The van der Waals surface area contributed by atoms with Gasteiger partial charge in [-0.05, 0) is 56.8 Å². The molecule has 0 fully saturated rings. The van der Waals surface area contributed by atoms with Crippen molar-refractivity contribution in [3.8, 4) is 5.75 Å². The van der Waals surface area contributed by atoms with E-state index in [1.54, 1.807) is 36.4 Å². The molecule has 0 aliphatic carbocycles. The Balaban J connectivity index is 1.93. The molecule has 0 saturated carbocycles. The summed E-state index contributed by atoms with van der Waals surface area (Å²) in [5.74, 6) is -1.06. The first-order valence-electron chi connectivity index (χ1n) is 11.7. The molecule has 0 aliphatic heterocycles. The zero-order chi connectivity index (χ0) is 25.4. The molecule has 0 aromatic heterocycles. The lowest BCUT2D eigenvalue weighted by atomic mass is 10.2.